The van der Waals surface area contributed by atoms with E-state index in [0.717, 1.165) is 19.0 Å². The fourth-order valence-corrected chi connectivity index (χ4v) is 5.62. The lowest BCUT2D eigenvalue weighted by atomic mass is 9.89. The van der Waals surface area contributed by atoms with Crippen molar-refractivity contribution in [1.82, 2.24) is 25.4 Å². The minimum Gasteiger partial charge on any atom is -0.367 e. The van der Waals surface area contributed by atoms with Gasteiger partial charge < -0.3 is 15.0 Å². The zero-order valence-electron chi connectivity index (χ0n) is 19.6. The molecule has 0 aromatic carbocycles. The molecule has 194 valence electrons. The van der Waals surface area contributed by atoms with Crippen LogP contribution in [0, 0.1) is 18.7 Å². The van der Waals surface area contributed by atoms with Gasteiger partial charge in [0, 0.05) is 29.3 Å². The summed E-state index contributed by atoms with van der Waals surface area (Å²) in [6.07, 6.45) is -2.56. The first-order valence-electron chi connectivity index (χ1n) is 12.1. The first-order chi connectivity index (χ1) is 17.1. The van der Waals surface area contributed by atoms with Crippen molar-refractivity contribution in [3.8, 4) is 11.3 Å². The highest BCUT2D eigenvalue weighted by atomic mass is 19.4. The molecule has 5 heterocycles. The number of amides is 2. The Morgan fingerprint density at radius 1 is 1.14 bits per heavy atom. The molecule has 2 aromatic heterocycles. The van der Waals surface area contributed by atoms with Crippen molar-refractivity contribution in [1.29, 1.82) is 0 Å². The predicted molar refractivity (Wildman–Crippen MR) is 119 cm³/mol. The third-order valence-corrected chi connectivity index (χ3v) is 7.40. The zero-order chi connectivity index (χ0) is 25.6. The number of hydrogen-bond donors (Lipinski definition) is 2. The number of hydrogen-bond acceptors (Lipinski definition) is 5. The normalized spacial score (nSPS) is 28.2. The van der Waals surface area contributed by atoms with Gasteiger partial charge in [-0.25, -0.2) is 4.39 Å². The van der Waals surface area contributed by atoms with Crippen LogP contribution < -0.4 is 5.32 Å². The lowest BCUT2D eigenvalue weighted by Crippen LogP contribution is -2.52. The van der Waals surface area contributed by atoms with E-state index in [1.165, 1.54) is 6.07 Å². The molecule has 5 atom stereocenters. The molecule has 2 bridgehead atoms. The lowest BCUT2D eigenvalue weighted by molar-refractivity contribution is -0.232. The van der Waals surface area contributed by atoms with E-state index in [0.29, 0.717) is 24.2 Å². The minimum absolute atomic E-state index is 0.135. The highest BCUT2D eigenvalue weighted by Crippen LogP contribution is 2.40. The van der Waals surface area contributed by atoms with Crippen molar-refractivity contribution < 1.29 is 31.9 Å². The molecule has 3 fully saturated rings. The Morgan fingerprint density at radius 3 is 2.50 bits per heavy atom. The largest absolute Gasteiger partial charge is 0.414 e. The molecule has 0 spiro atoms. The van der Waals surface area contributed by atoms with Crippen LogP contribution in [0.25, 0.3) is 11.3 Å². The summed E-state index contributed by atoms with van der Waals surface area (Å²) in [5, 5.41) is 9.69. The lowest BCUT2D eigenvalue weighted by Gasteiger charge is -2.39. The first-order valence-corrected chi connectivity index (χ1v) is 12.1. The van der Waals surface area contributed by atoms with Gasteiger partial charge >= 0.3 is 6.18 Å². The molecular formula is C24H27F4N5O3. The van der Waals surface area contributed by atoms with Gasteiger partial charge in [-0.1, -0.05) is 0 Å². The van der Waals surface area contributed by atoms with Gasteiger partial charge in [-0.3, -0.25) is 19.7 Å². The summed E-state index contributed by atoms with van der Waals surface area (Å²) in [4.78, 5) is 31.9. The van der Waals surface area contributed by atoms with Gasteiger partial charge in [0.05, 0.1) is 24.5 Å². The number of fused-ring (bicyclic) bond motifs is 2. The van der Waals surface area contributed by atoms with E-state index < -0.39 is 24.1 Å². The van der Waals surface area contributed by atoms with Crippen molar-refractivity contribution in [3.63, 3.8) is 0 Å². The summed E-state index contributed by atoms with van der Waals surface area (Å²) in [6.45, 7) is 1.57. The second-order valence-corrected chi connectivity index (χ2v) is 9.88. The van der Waals surface area contributed by atoms with Crippen LogP contribution in [0.4, 0.5) is 17.6 Å². The summed E-state index contributed by atoms with van der Waals surface area (Å²) < 4.78 is 57.5. The van der Waals surface area contributed by atoms with Crippen LogP contribution in [-0.4, -0.2) is 68.9 Å². The number of aryl methyl sites for hydroxylation is 1. The molecule has 2 amide bonds. The maximum atomic E-state index is 14.2. The average Bonchev–Trinajstić information content (AvgIpc) is 3.42. The predicted octanol–water partition coefficient (Wildman–Crippen LogP) is 3.53. The van der Waals surface area contributed by atoms with Crippen molar-refractivity contribution in [2.75, 3.05) is 6.61 Å². The number of aromatic nitrogens is 3. The van der Waals surface area contributed by atoms with Crippen LogP contribution in [0.1, 0.15) is 54.7 Å². The number of rotatable bonds is 4. The number of halogens is 4. The molecule has 12 heteroatoms. The standard InChI is InChI=1S/C24H27F4N5O3/c1-12-6-17(18(25)10-29-12)19-9-20(32-31-19)23(35)33-15-3-4-16(33)8-13(7-15)22(34)30-14-2-5-21(36-11-14)24(26,27)28/h6,9-10,13-16,21H,2-5,7-8,11H2,1H3,(H,30,34)(H,31,32)/t13-,14-,15-,16+,21+/m1/s1. The fraction of sp³-hybridized carbons (Fsp3) is 0.583. The molecule has 0 unspecified atom stereocenters. The number of nitrogens with one attached hydrogen (secondary N) is 2. The van der Waals surface area contributed by atoms with E-state index >= 15 is 0 Å². The molecule has 2 N–H and O–H groups in total. The van der Waals surface area contributed by atoms with Crippen molar-refractivity contribution in [2.24, 2.45) is 5.92 Å². The van der Waals surface area contributed by atoms with E-state index in [9.17, 15) is 27.2 Å². The average molecular weight is 510 g/mol. The number of piperidine rings is 1. The summed E-state index contributed by atoms with van der Waals surface area (Å²) >= 11 is 0. The highest BCUT2D eigenvalue weighted by molar-refractivity contribution is 5.94. The molecule has 3 aliphatic rings. The van der Waals surface area contributed by atoms with Gasteiger partial charge in [0.15, 0.2) is 17.6 Å². The molecule has 8 nitrogen and oxygen atoms in total. The number of nitrogens with zero attached hydrogens (tertiary/aromatic N) is 3. The molecule has 0 aliphatic carbocycles. The Balaban J connectivity index is 1.20. The quantitative estimate of drug-likeness (QED) is 0.615. The molecule has 0 saturated carbocycles. The van der Waals surface area contributed by atoms with E-state index in [4.69, 9.17) is 4.74 Å². The summed E-state index contributed by atoms with van der Waals surface area (Å²) in [5.74, 6) is -1.32. The third-order valence-electron chi connectivity index (χ3n) is 7.40. The number of H-pyrrole nitrogens is 1. The summed E-state index contributed by atoms with van der Waals surface area (Å²) in [6, 6.07) is 2.38. The molecule has 0 radical (unpaired) electrons. The van der Waals surface area contributed by atoms with Crippen molar-refractivity contribution in [2.45, 2.75) is 75.9 Å². The molecule has 2 aromatic rings. The maximum absolute atomic E-state index is 14.2. The monoisotopic (exact) mass is 509 g/mol. The molecule has 5 rings (SSSR count). The second kappa shape index (κ2) is 9.45. The summed E-state index contributed by atoms with van der Waals surface area (Å²) in [5.41, 5.74) is 1.47. The second-order valence-electron chi connectivity index (χ2n) is 9.88. The Hall–Kier alpha value is -3.02. The van der Waals surface area contributed by atoms with Gasteiger partial charge in [0.2, 0.25) is 5.91 Å². The number of alkyl halides is 3. The van der Waals surface area contributed by atoms with Gasteiger partial charge in [-0.2, -0.15) is 18.3 Å². The molecular weight excluding hydrogens is 482 g/mol. The van der Waals surface area contributed by atoms with Gasteiger partial charge in [0.25, 0.3) is 5.91 Å². The zero-order valence-corrected chi connectivity index (χ0v) is 19.6. The smallest absolute Gasteiger partial charge is 0.367 e. The van der Waals surface area contributed by atoms with Crippen LogP contribution in [-0.2, 0) is 9.53 Å². The number of carbonyl (C=O) groups is 2. The van der Waals surface area contributed by atoms with E-state index in [1.54, 1.807) is 17.9 Å². The van der Waals surface area contributed by atoms with E-state index in [2.05, 4.69) is 20.5 Å². The summed E-state index contributed by atoms with van der Waals surface area (Å²) in [7, 11) is 0. The SMILES string of the molecule is Cc1cc(-c2cc(C(=O)N3[C@@H]4CC[C@H]3C[C@H](C(=O)N[C@@H]3CC[C@@H](C(F)(F)F)OC3)C4)n[nH]2)c(F)cn1. The first kappa shape index (κ1) is 24.7. The molecule has 3 saturated heterocycles. The van der Waals surface area contributed by atoms with Crippen LogP contribution in [0.5, 0.6) is 0 Å². The van der Waals surface area contributed by atoms with Crippen LogP contribution in [0.15, 0.2) is 18.3 Å². The number of carbonyl (C=O) groups excluding carboxylic acids is 2. The Bertz CT molecular complexity index is 1130. The van der Waals surface area contributed by atoms with Crippen LogP contribution in [0.2, 0.25) is 0 Å². The minimum atomic E-state index is -4.39. The van der Waals surface area contributed by atoms with Gasteiger partial charge in [-0.15, -0.1) is 0 Å². The molecule has 36 heavy (non-hydrogen) atoms. The Morgan fingerprint density at radius 2 is 1.86 bits per heavy atom. The van der Waals surface area contributed by atoms with Crippen LogP contribution in [0.3, 0.4) is 0 Å². The Kier molecular flexibility index (Phi) is 6.48. The van der Waals surface area contributed by atoms with Crippen LogP contribution >= 0.6 is 0 Å². The third kappa shape index (κ3) is 4.82. The highest BCUT2D eigenvalue weighted by Gasteiger charge is 2.47. The Labute approximate surface area is 204 Å². The molecule has 3 aliphatic heterocycles. The number of ether oxygens (including phenoxy) is 1. The van der Waals surface area contributed by atoms with Crippen molar-refractivity contribution in [3.05, 3.63) is 35.5 Å². The van der Waals surface area contributed by atoms with Crippen molar-refractivity contribution >= 4 is 11.8 Å². The number of pyridine rings is 1. The number of aromatic amines is 1. The van der Waals surface area contributed by atoms with E-state index in [-0.39, 0.29) is 60.5 Å². The maximum Gasteiger partial charge on any atom is 0.414 e. The fourth-order valence-electron chi connectivity index (χ4n) is 5.62. The topological polar surface area (TPSA) is 100 Å². The van der Waals surface area contributed by atoms with E-state index in [1.807, 2.05) is 0 Å². The van der Waals surface area contributed by atoms with Gasteiger partial charge in [0.1, 0.15) is 0 Å². The van der Waals surface area contributed by atoms with Gasteiger partial charge in [-0.05, 0) is 57.6 Å².